The lowest BCUT2D eigenvalue weighted by molar-refractivity contribution is -0.385. The highest BCUT2D eigenvalue weighted by Crippen LogP contribution is 2.28. The highest BCUT2D eigenvalue weighted by atomic mass is 19.1. The molecule has 21 heavy (non-hydrogen) atoms. The Balaban J connectivity index is 2.25. The fourth-order valence-corrected chi connectivity index (χ4v) is 1.63. The van der Waals surface area contributed by atoms with E-state index in [0.717, 1.165) is 18.2 Å². The van der Waals surface area contributed by atoms with Crippen molar-refractivity contribution in [3.8, 4) is 11.5 Å². The first-order valence-corrected chi connectivity index (χ1v) is 5.81. The Morgan fingerprint density at radius 1 is 1.19 bits per heavy atom. The fourth-order valence-electron chi connectivity index (χ4n) is 1.63. The second kappa shape index (κ2) is 6.00. The molecule has 0 amide bonds. The summed E-state index contributed by atoms with van der Waals surface area (Å²) in [6, 6.07) is 8.55. The van der Waals surface area contributed by atoms with E-state index in [2.05, 4.69) is 0 Å². The van der Waals surface area contributed by atoms with Gasteiger partial charge in [-0.2, -0.15) is 0 Å². The maximum Gasteiger partial charge on any atom is 0.343 e. The largest absolute Gasteiger partial charge is 0.490 e. The summed E-state index contributed by atoms with van der Waals surface area (Å²) >= 11 is 0. The van der Waals surface area contributed by atoms with Gasteiger partial charge in [0, 0.05) is 6.07 Å². The lowest BCUT2D eigenvalue weighted by atomic mass is 10.2. The average Bonchev–Trinajstić information content (AvgIpc) is 2.48. The summed E-state index contributed by atoms with van der Waals surface area (Å²) in [6.45, 7) is 0. The standard InChI is InChI=1S/C14H10FNO5/c1-20-13-7-2-9(8-12(13)16(18)19)14(17)21-11-5-3-10(15)4-6-11/h2-8H,1H3. The number of methoxy groups -OCH3 is 1. The zero-order chi connectivity index (χ0) is 15.4. The first kappa shape index (κ1) is 14.4. The molecule has 2 aromatic rings. The number of nitro benzene ring substituents is 1. The number of hydrogen-bond acceptors (Lipinski definition) is 5. The van der Waals surface area contributed by atoms with E-state index < -0.39 is 16.7 Å². The zero-order valence-corrected chi connectivity index (χ0v) is 10.9. The van der Waals surface area contributed by atoms with Crippen LogP contribution >= 0.6 is 0 Å². The molecule has 0 saturated carbocycles. The first-order valence-electron chi connectivity index (χ1n) is 5.81. The van der Waals surface area contributed by atoms with E-state index in [1.54, 1.807) is 0 Å². The molecule has 0 saturated heterocycles. The molecule has 2 rings (SSSR count). The maximum absolute atomic E-state index is 12.7. The summed E-state index contributed by atoms with van der Waals surface area (Å²) in [5.74, 6) is -1.07. The van der Waals surface area contributed by atoms with E-state index in [1.165, 1.54) is 31.4 Å². The molecule has 0 aliphatic heterocycles. The number of nitro groups is 1. The summed E-state index contributed by atoms with van der Waals surface area (Å²) in [7, 11) is 1.29. The SMILES string of the molecule is COc1ccc(C(=O)Oc2ccc(F)cc2)cc1[N+](=O)[O-]. The number of rotatable bonds is 4. The van der Waals surface area contributed by atoms with Crippen LogP contribution < -0.4 is 9.47 Å². The molecule has 0 fully saturated rings. The van der Waals surface area contributed by atoms with Gasteiger partial charge in [-0.15, -0.1) is 0 Å². The molecule has 0 radical (unpaired) electrons. The minimum Gasteiger partial charge on any atom is -0.490 e. The normalized spacial score (nSPS) is 10.0. The monoisotopic (exact) mass is 291 g/mol. The molecule has 2 aromatic carbocycles. The minimum absolute atomic E-state index is 0.00757. The number of carbonyl (C=O) groups is 1. The highest BCUT2D eigenvalue weighted by Gasteiger charge is 2.19. The van der Waals surface area contributed by atoms with E-state index in [4.69, 9.17) is 9.47 Å². The molecular formula is C14H10FNO5. The van der Waals surface area contributed by atoms with Gasteiger partial charge in [0.25, 0.3) is 0 Å². The molecule has 0 unspecified atom stereocenters. The summed E-state index contributed by atoms with van der Waals surface area (Å²) in [5.41, 5.74) is -0.349. The average molecular weight is 291 g/mol. The van der Waals surface area contributed by atoms with Gasteiger partial charge in [0.1, 0.15) is 11.6 Å². The number of benzene rings is 2. The molecule has 0 bridgehead atoms. The van der Waals surface area contributed by atoms with Crippen LogP contribution in [0.2, 0.25) is 0 Å². The Morgan fingerprint density at radius 2 is 1.86 bits per heavy atom. The molecule has 0 aromatic heterocycles. The van der Waals surface area contributed by atoms with Gasteiger partial charge in [-0.3, -0.25) is 10.1 Å². The molecule has 0 aliphatic carbocycles. The maximum atomic E-state index is 12.7. The zero-order valence-electron chi connectivity index (χ0n) is 10.9. The van der Waals surface area contributed by atoms with Crippen LogP contribution in [0.15, 0.2) is 42.5 Å². The number of carbonyl (C=O) groups excluding carboxylic acids is 1. The number of halogens is 1. The molecular weight excluding hydrogens is 281 g/mol. The second-order valence-electron chi connectivity index (χ2n) is 3.99. The van der Waals surface area contributed by atoms with E-state index >= 15 is 0 Å². The number of nitrogens with zero attached hydrogens (tertiary/aromatic N) is 1. The third-order valence-electron chi connectivity index (χ3n) is 2.64. The number of esters is 1. The Morgan fingerprint density at radius 3 is 2.43 bits per heavy atom. The summed E-state index contributed by atoms with van der Waals surface area (Å²) in [4.78, 5) is 22.1. The van der Waals surface area contributed by atoms with Crippen molar-refractivity contribution in [2.75, 3.05) is 7.11 Å². The van der Waals surface area contributed by atoms with Crippen LogP contribution in [0, 0.1) is 15.9 Å². The van der Waals surface area contributed by atoms with Crippen LogP contribution in [0.3, 0.4) is 0 Å². The Hall–Kier alpha value is -2.96. The lowest BCUT2D eigenvalue weighted by Crippen LogP contribution is -2.09. The third-order valence-corrected chi connectivity index (χ3v) is 2.64. The Labute approximate surface area is 118 Å². The van der Waals surface area contributed by atoms with Gasteiger partial charge < -0.3 is 9.47 Å². The molecule has 0 atom stereocenters. The summed E-state index contributed by atoms with van der Waals surface area (Å²) < 4.78 is 22.6. The topological polar surface area (TPSA) is 78.7 Å². The Bertz CT molecular complexity index is 684. The van der Waals surface area contributed by atoms with Crippen molar-refractivity contribution in [2.45, 2.75) is 0 Å². The third kappa shape index (κ3) is 3.33. The quantitative estimate of drug-likeness (QED) is 0.374. The van der Waals surface area contributed by atoms with E-state index in [0.29, 0.717) is 0 Å². The van der Waals surface area contributed by atoms with E-state index in [1.807, 2.05) is 0 Å². The van der Waals surface area contributed by atoms with Crippen LogP contribution in [0.1, 0.15) is 10.4 Å². The van der Waals surface area contributed by atoms with Gasteiger partial charge >= 0.3 is 11.7 Å². The number of hydrogen-bond donors (Lipinski definition) is 0. The van der Waals surface area contributed by atoms with Crippen molar-refractivity contribution in [1.29, 1.82) is 0 Å². The van der Waals surface area contributed by atoms with Crippen LogP contribution in [0.5, 0.6) is 11.5 Å². The molecule has 0 aliphatic rings. The van der Waals surface area contributed by atoms with Crippen LogP contribution in [-0.4, -0.2) is 18.0 Å². The van der Waals surface area contributed by atoms with E-state index in [-0.39, 0.29) is 22.7 Å². The van der Waals surface area contributed by atoms with Gasteiger partial charge in [0.05, 0.1) is 17.6 Å². The van der Waals surface area contributed by atoms with Gasteiger partial charge in [-0.05, 0) is 36.4 Å². The van der Waals surface area contributed by atoms with Gasteiger partial charge in [0.2, 0.25) is 0 Å². The van der Waals surface area contributed by atoms with Crippen molar-refractivity contribution >= 4 is 11.7 Å². The lowest BCUT2D eigenvalue weighted by Gasteiger charge is -2.06. The fraction of sp³-hybridized carbons (Fsp3) is 0.0714. The molecule has 0 heterocycles. The van der Waals surface area contributed by atoms with Crippen molar-refractivity contribution in [2.24, 2.45) is 0 Å². The first-order chi connectivity index (χ1) is 10.0. The summed E-state index contributed by atoms with van der Waals surface area (Å²) in [5, 5.41) is 10.9. The van der Waals surface area contributed by atoms with Crippen molar-refractivity contribution in [3.63, 3.8) is 0 Å². The Kier molecular flexibility index (Phi) is 4.13. The van der Waals surface area contributed by atoms with Crippen molar-refractivity contribution < 1.29 is 23.6 Å². The van der Waals surface area contributed by atoms with Gasteiger partial charge in [0.15, 0.2) is 5.75 Å². The molecule has 0 N–H and O–H groups in total. The minimum atomic E-state index is -0.785. The van der Waals surface area contributed by atoms with E-state index in [9.17, 15) is 19.3 Å². The summed E-state index contributed by atoms with van der Waals surface area (Å²) in [6.07, 6.45) is 0. The van der Waals surface area contributed by atoms with Gasteiger partial charge in [-0.25, -0.2) is 9.18 Å². The molecule has 108 valence electrons. The molecule has 0 spiro atoms. The molecule has 7 heteroatoms. The van der Waals surface area contributed by atoms with Crippen molar-refractivity contribution in [3.05, 3.63) is 64.0 Å². The van der Waals surface area contributed by atoms with Crippen LogP contribution in [-0.2, 0) is 0 Å². The molecule has 6 nitrogen and oxygen atoms in total. The smallest absolute Gasteiger partial charge is 0.343 e. The predicted octanol–water partition coefficient (Wildman–Crippen LogP) is 2.96. The second-order valence-corrected chi connectivity index (χ2v) is 3.99. The predicted molar refractivity (Wildman–Crippen MR) is 71.0 cm³/mol. The number of ether oxygens (including phenoxy) is 2. The van der Waals surface area contributed by atoms with Crippen LogP contribution in [0.4, 0.5) is 10.1 Å². The highest BCUT2D eigenvalue weighted by molar-refractivity contribution is 5.92. The van der Waals surface area contributed by atoms with Crippen LogP contribution in [0.25, 0.3) is 0 Å². The van der Waals surface area contributed by atoms with Crippen molar-refractivity contribution in [1.82, 2.24) is 0 Å². The van der Waals surface area contributed by atoms with Gasteiger partial charge in [-0.1, -0.05) is 0 Å².